The van der Waals surface area contributed by atoms with Gasteiger partial charge in [0.25, 0.3) is 0 Å². The van der Waals surface area contributed by atoms with Crippen LogP contribution >= 0.6 is 11.3 Å². The van der Waals surface area contributed by atoms with E-state index >= 15 is 0 Å². The van der Waals surface area contributed by atoms with Crippen LogP contribution in [0.15, 0.2) is 24.3 Å². The van der Waals surface area contributed by atoms with E-state index in [4.69, 9.17) is 4.98 Å². The van der Waals surface area contributed by atoms with Gasteiger partial charge in [0, 0.05) is 19.6 Å². The van der Waals surface area contributed by atoms with Crippen LogP contribution in [0.2, 0.25) is 0 Å². The van der Waals surface area contributed by atoms with Crippen molar-refractivity contribution in [2.24, 2.45) is 0 Å². The van der Waals surface area contributed by atoms with Gasteiger partial charge >= 0.3 is 0 Å². The molecule has 0 amide bonds. The number of hydrogen-bond donors (Lipinski definition) is 1. The second-order valence-electron chi connectivity index (χ2n) is 6.08. The van der Waals surface area contributed by atoms with Gasteiger partial charge in [-0.15, -0.1) is 0 Å². The number of anilines is 1. The molecule has 2 heterocycles. The maximum atomic E-state index is 4.90. The molecule has 1 saturated carbocycles. The maximum absolute atomic E-state index is 4.90. The Labute approximate surface area is 124 Å². The minimum atomic E-state index is 0.324. The van der Waals surface area contributed by atoms with E-state index in [1.165, 1.54) is 41.9 Å². The van der Waals surface area contributed by atoms with Crippen molar-refractivity contribution < 1.29 is 0 Å². The normalized spacial score (nSPS) is 22.5. The van der Waals surface area contributed by atoms with Crippen LogP contribution in [0.5, 0.6) is 0 Å². The van der Waals surface area contributed by atoms with Crippen LogP contribution in [-0.2, 0) is 0 Å². The van der Waals surface area contributed by atoms with Gasteiger partial charge in [0.2, 0.25) is 0 Å². The molecule has 3 nitrogen and oxygen atoms in total. The Hall–Kier alpha value is -1.13. The van der Waals surface area contributed by atoms with Crippen LogP contribution in [-0.4, -0.2) is 30.2 Å². The van der Waals surface area contributed by atoms with E-state index in [0.717, 1.165) is 25.2 Å². The Kier molecular flexibility index (Phi) is 3.15. The van der Waals surface area contributed by atoms with Gasteiger partial charge < -0.3 is 10.2 Å². The molecule has 1 aliphatic carbocycles. The second-order valence-corrected chi connectivity index (χ2v) is 7.09. The summed E-state index contributed by atoms with van der Waals surface area (Å²) in [4.78, 5) is 7.52. The van der Waals surface area contributed by atoms with Gasteiger partial charge in [-0.3, -0.25) is 0 Å². The SMILES string of the molecule is c1ccc2sc(N3CCNCC34CCCCC4)nc2c1. The van der Waals surface area contributed by atoms with E-state index in [0.29, 0.717) is 5.54 Å². The van der Waals surface area contributed by atoms with E-state index in [1.807, 2.05) is 11.3 Å². The standard InChI is InChI=1S/C16H21N3S/c1-4-8-16(9-5-1)12-17-10-11-19(16)15-18-13-6-2-3-7-14(13)20-15/h2-3,6-7,17H,1,4-5,8-12H2. The molecule has 1 saturated heterocycles. The number of nitrogens with one attached hydrogen (secondary N) is 1. The van der Waals surface area contributed by atoms with Crippen LogP contribution in [0.3, 0.4) is 0 Å². The molecule has 4 rings (SSSR count). The van der Waals surface area contributed by atoms with Gasteiger partial charge in [-0.05, 0) is 25.0 Å². The van der Waals surface area contributed by atoms with E-state index in [-0.39, 0.29) is 0 Å². The van der Waals surface area contributed by atoms with Crippen LogP contribution in [0.1, 0.15) is 32.1 Å². The number of aromatic nitrogens is 1. The van der Waals surface area contributed by atoms with Crippen molar-refractivity contribution >= 4 is 26.7 Å². The molecule has 1 aromatic heterocycles. The molecule has 2 fully saturated rings. The van der Waals surface area contributed by atoms with E-state index in [2.05, 4.69) is 34.5 Å². The predicted octanol–water partition coefficient (Wildman–Crippen LogP) is 3.41. The average Bonchev–Trinajstić information content (AvgIpc) is 2.92. The Balaban J connectivity index is 1.73. The molecule has 0 atom stereocenters. The Bertz CT molecular complexity index is 559. The molecule has 0 bridgehead atoms. The van der Waals surface area contributed by atoms with Crippen molar-refractivity contribution in [1.82, 2.24) is 10.3 Å². The molecule has 1 aliphatic heterocycles. The Morgan fingerprint density at radius 3 is 2.85 bits per heavy atom. The predicted molar refractivity (Wildman–Crippen MR) is 85.7 cm³/mol. The molecule has 1 spiro atoms. The molecule has 0 unspecified atom stereocenters. The lowest BCUT2D eigenvalue weighted by molar-refractivity contribution is 0.241. The Morgan fingerprint density at radius 2 is 2.00 bits per heavy atom. The first-order chi connectivity index (χ1) is 9.87. The minimum absolute atomic E-state index is 0.324. The highest BCUT2D eigenvalue weighted by Gasteiger charge is 2.40. The molecule has 1 N–H and O–H groups in total. The van der Waals surface area contributed by atoms with Crippen molar-refractivity contribution in [3.05, 3.63) is 24.3 Å². The second kappa shape index (κ2) is 5.01. The summed E-state index contributed by atoms with van der Waals surface area (Å²) in [5, 5.41) is 4.85. The summed E-state index contributed by atoms with van der Waals surface area (Å²) >= 11 is 1.86. The Morgan fingerprint density at radius 1 is 1.15 bits per heavy atom. The third kappa shape index (κ3) is 2.02. The smallest absolute Gasteiger partial charge is 0.186 e. The lowest BCUT2D eigenvalue weighted by Gasteiger charge is -2.49. The van der Waals surface area contributed by atoms with Crippen molar-refractivity contribution in [3.8, 4) is 0 Å². The van der Waals surface area contributed by atoms with Gasteiger partial charge in [0.05, 0.1) is 15.8 Å². The van der Waals surface area contributed by atoms with Crippen molar-refractivity contribution in [3.63, 3.8) is 0 Å². The highest BCUT2D eigenvalue weighted by Crippen LogP contribution is 2.40. The number of benzene rings is 1. The summed E-state index contributed by atoms with van der Waals surface area (Å²) in [6.07, 6.45) is 6.76. The van der Waals surface area contributed by atoms with Crippen LogP contribution in [0.25, 0.3) is 10.2 Å². The zero-order valence-corrected chi connectivity index (χ0v) is 12.6. The summed E-state index contributed by atoms with van der Waals surface area (Å²) in [7, 11) is 0. The molecule has 0 radical (unpaired) electrons. The first-order valence-electron chi connectivity index (χ1n) is 7.71. The summed E-state index contributed by atoms with van der Waals surface area (Å²) in [5.41, 5.74) is 1.47. The summed E-state index contributed by atoms with van der Waals surface area (Å²) in [6, 6.07) is 8.51. The first kappa shape index (κ1) is 12.6. The summed E-state index contributed by atoms with van der Waals surface area (Å²) in [6.45, 7) is 3.31. The van der Waals surface area contributed by atoms with Gasteiger partial charge in [-0.25, -0.2) is 4.98 Å². The molecule has 4 heteroatoms. The molecule has 1 aromatic carbocycles. The fraction of sp³-hybridized carbons (Fsp3) is 0.562. The fourth-order valence-corrected chi connectivity index (χ4v) is 4.88. The van der Waals surface area contributed by atoms with Crippen molar-refractivity contribution in [2.75, 3.05) is 24.5 Å². The highest BCUT2D eigenvalue weighted by molar-refractivity contribution is 7.22. The van der Waals surface area contributed by atoms with Gasteiger partial charge in [-0.2, -0.15) is 0 Å². The number of rotatable bonds is 1. The van der Waals surface area contributed by atoms with E-state index in [9.17, 15) is 0 Å². The fourth-order valence-electron chi connectivity index (χ4n) is 3.78. The molecular formula is C16H21N3S. The first-order valence-corrected chi connectivity index (χ1v) is 8.53. The monoisotopic (exact) mass is 287 g/mol. The molecule has 2 aliphatic rings. The zero-order chi connectivity index (χ0) is 13.4. The highest BCUT2D eigenvalue weighted by atomic mass is 32.1. The third-order valence-electron chi connectivity index (χ3n) is 4.84. The molecule has 106 valence electrons. The molecular weight excluding hydrogens is 266 g/mol. The van der Waals surface area contributed by atoms with E-state index in [1.54, 1.807) is 0 Å². The van der Waals surface area contributed by atoms with Gasteiger partial charge in [0.15, 0.2) is 5.13 Å². The molecule has 20 heavy (non-hydrogen) atoms. The summed E-state index contributed by atoms with van der Waals surface area (Å²) < 4.78 is 1.31. The number of para-hydroxylation sites is 1. The quantitative estimate of drug-likeness (QED) is 0.871. The van der Waals surface area contributed by atoms with Crippen molar-refractivity contribution in [2.45, 2.75) is 37.6 Å². The minimum Gasteiger partial charge on any atom is -0.340 e. The zero-order valence-electron chi connectivity index (χ0n) is 11.8. The number of fused-ring (bicyclic) bond motifs is 1. The molecule has 2 aromatic rings. The lowest BCUT2D eigenvalue weighted by Crippen LogP contribution is -2.62. The van der Waals surface area contributed by atoms with E-state index < -0.39 is 0 Å². The third-order valence-corrected chi connectivity index (χ3v) is 5.90. The summed E-state index contributed by atoms with van der Waals surface area (Å²) in [5.74, 6) is 0. The van der Waals surface area contributed by atoms with Gasteiger partial charge in [-0.1, -0.05) is 42.7 Å². The average molecular weight is 287 g/mol. The van der Waals surface area contributed by atoms with Crippen LogP contribution in [0.4, 0.5) is 5.13 Å². The van der Waals surface area contributed by atoms with Crippen LogP contribution < -0.4 is 10.2 Å². The largest absolute Gasteiger partial charge is 0.340 e. The topological polar surface area (TPSA) is 28.2 Å². The number of nitrogens with zero attached hydrogens (tertiary/aromatic N) is 2. The number of piperazine rings is 1. The number of thiazole rings is 1. The number of hydrogen-bond acceptors (Lipinski definition) is 4. The lowest BCUT2D eigenvalue weighted by atomic mass is 9.79. The van der Waals surface area contributed by atoms with Gasteiger partial charge in [0.1, 0.15) is 0 Å². The van der Waals surface area contributed by atoms with Crippen molar-refractivity contribution in [1.29, 1.82) is 0 Å². The maximum Gasteiger partial charge on any atom is 0.186 e. The van der Waals surface area contributed by atoms with Crippen LogP contribution in [0, 0.1) is 0 Å².